The monoisotopic (exact) mass is 453 g/mol. The Kier molecular flexibility index (Phi) is 5.09. The van der Waals surface area contributed by atoms with Gasteiger partial charge in [0.1, 0.15) is 23.7 Å². The number of pyridine rings is 1. The van der Waals surface area contributed by atoms with Crippen LogP contribution in [0.5, 0.6) is 0 Å². The van der Waals surface area contributed by atoms with Crippen LogP contribution in [0.15, 0.2) is 30.7 Å². The summed E-state index contributed by atoms with van der Waals surface area (Å²) in [5.74, 6) is 1.49. The molecular weight excluding hydrogens is 433 g/mol. The number of nitrogens with zero attached hydrogens (tertiary/aromatic N) is 6. The zero-order valence-electron chi connectivity index (χ0n) is 16.8. The van der Waals surface area contributed by atoms with Crippen LogP contribution in [0.25, 0.3) is 11.2 Å². The SMILES string of the molecule is FC(F)Cn1ncc2ncc(NC3C[C@@H]4CN(c5cc(C(F)(F)F)ccn5)C[C@@H]4C3)nc21. The molecule has 1 N–H and O–H groups in total. The second-order valence-corrected chi connectivity index (χ2v) is 8.32. The second kappa shape index (κ2) is 7.82. The summed E-state index contributed by atoms with van der Waals surface area (Å²) in [6.07, 6.45) is -1.11. The van der Waals surface area contributed by atoms with Crippen molar-refractivity contribution in [2.24, 2.45) is 11.8 Å². The van der Waals surface area contributed by atoms with Gasteiger partial charge in [-0.3, -0.25) is 0 Å². The van der Waals surface area contributed by atoms with Crippen molar-refractivity contribution in [1.29, 1.82) is 0 Å². The molecule has 5 rings (SSSR count). The van der Waals surface area contributed by atoms with Crippen molar-refractivity contribution in [3.05, 3.63) is 36.3 Å². The molecule has 3 aromatic heterocycles. The largest absolute Gasteiger partial charge is 0.416 e. The molecule has 2 fully saturated rings. The molecular formula is C20H20F5N7. The molecule has 3 atom stereocenters. The molecule has 3 aromatic rings. The number of alkyl halides is 5. The number of rotatable bonds is 5. The molecule has 1 saturated carbocycles. The van der Waals surface area contributed by atoms with Crippen molar-refractivity contribution >= 4 is 22.8 Å². The van der Waals surface area contributed by atoms with E-state index in [4.69, 9.17) is 0 Å². The molecule has 0 amide bonds. The Morgan fingerprint density at radius 3 is 2.53 bits per heavy atom. The molecule has 0 spiro atoms. The molecule has 7 nitrogen and oxygen atoms in total. The molecule has 0 bridgehead atoms. The van der Waals surface area contributed by atoms with E-state index in [9.17, 15) is 22.0 Å². The van der Waals surface area contributed by atoms with Crippen molar-refractivity contribution in [1.82, 2.24) is 24.7 Å². The van der Waals surface area contributed by atoms with E-state index in [0.29, 0.717) is 47.7 Å². The molecule has 32 heavy (non-hydrogen) atoms. The van der Waals surface area contributed by atoms with Gasteiger partial charge in [0.05, 0.1) is 18.0 Å². The van der Waals surface area contributed by atoms with Gasteiger partial charge in [-0.15, -0.1) is 0 Å². The van der Waals surface area contributed by atoms with Crippen LogP contribution in [0, 0.1) is 11.8 Å². The number of hydrogen-bond acceptors (Lipinski definition) is 6. The van der Waals surface area contributed by atoms with E-state index in [1.54, 1.807) is 6.20 Å². The highest BCUT2D eigenvalue weighted by Gasteiger charge is 2.42. The summed E-state index contributed by atoms with van der Waals surface area (Å²) in [6, 6.07) is 2.20. The normalized spacial score (nSPS) is 23.3. The van der Waals surface area contributed by atoms with E-state index >= 15 is 0 Å². The van der Waals surface area contributed by atoms with E-state index in [-0.39, 0.29) is 6.04 Å². The van der Waals surface area contributed by atoms with Gasteiger partial charge in [0.2, 0.25) is 0 Å². The van der Waals surface area contributed by atoms with Gasteiger partial charge in [-0.2, -0.15) is 18.3 Å². The van der Waals surface area contributed by atoms with Crippen LogP contribution in [0.4, 0.5) is 33.6 Å². The van der Waals surface area contributed by atoms with Gasteiger partial charge >= 0.3 is 6.18 Å². The molecule has 4 heterocycles. The van der Waals surface area contributed by atoms with Gasteiger partial charge in [0.25, 0.3) is 6.43 Å². The molecule has 12 heteroatoms. The number of aromatic nitrogens is 5. The maximum absolute atomic E-state index is 13.0. The number of fused-ring (bicyclic) bond motifs is 2. The average molecular weight is 453 g/mol. The molecule has 170 valence electrons. The Morgan fingerprint density at radius 2 is 1.84 bits per heavy atom. The molecule has 0 aromatic carbocycles. The lowest BCUT2D eigenvalue weighted by atomic mass is 10.0. The van der Waals surface area contributed by atoms with Crippen LogP contribution in [0.1, 0.15) is 18.4 Å². The fraction of sp³-hybridized carbons (Fsp3) is 0.500. The molecule has 1 aliphatic carbocycles. The van der Waals surface area contributed by atoms with E-state index in [1.165, 1.54) is 12.4 Å². The third-order valence-electron chi connectivity index (χ3n) is 6.16. The first-order chi connectivity index (χ1) is 15.3. The van der Waals surface area contributed by atoms with Crippen LogP contribution in [0.2, 0.25) is 0 Å². The Labute approximate surface area is 179 Å². The zero-order chi connectivity index (χ0) is 22.5. The Morgan fingerprint density at radius 1 is 1.09 bits per heavy atom. The molecule has 2 aliphatic rings. The highest BCUT2D eigenvalue weighted by molar-refractivity contribution is 5.71. The maximum atomic E-state index is 13.0. The maximum Gasteiger partial charge on any atom is 0.416 e. The lowest BCUT2D eigenvalue weighted by Crippen LogP contribution is -2.26. The summed E-state index contributed by atoms with van der Waals surface area (Å²) in [4.78, 5) is 14.7. The van der Waals surface area contributed by atoms with Crippen molar-refractivity contribution in [2.75, 3.05) is 23.3 Å². The van der Waals surface area contributed by atoms with E-state index < -0.39 is 24.7 Å². The van der Waals surface area contributed by atoms with Crippen LogP contribution in [-0.4, -0.2) is 50.3 Å². The first-order valence-electron chi connectivity index (χ1n) is 10.3. The molecule has 1 aliphatic heterocycles. The minimum atomic E-state index is -4.39. The smallest absolute Gasteiger partial charge is 0.366 e. The highest BCUT2D eigenvalue weighted by Crippen LogP contribution is 2.41. The molecule has 1 unspecified atom stereocenters. The molecule has 0 radical (unpaired) electrons. The fourth-order valence-electron chi connectivity index (χ4n) is 4.76. The first-order valence-corrected chi connectivity index (χ1v) is 10.3. The summed E-state index contributed by atoms with van der Waals surface area (Å²) in [6.45, 7) is 0.737. The predicted molar refractivity (Wildman–Crippen MR) is 106 cm³/mol. The van der Waals surface area contributed by atoms with Gasteiger partial charge in [-0.1, -0.05) is 0 Å². The van der Waals surface area contributed by atoms with Crippen LogP contribution >= 0.6 is 0 Å². The summed E-state index contributed by atoms with van der Waals surface area (Å²) in [5, 5.41) is 7.25. The van der Waals surface area contributed by atoms with Gasteiger partial charge in [0, 0.05) is 25.3 Å². The van der Waals surface area contributed by atoms with Gasteiger partial charge in [-0.05, 0) is 36.8 Å². The van der Waals surface area contributed by atoms with E-state index in [1.807, 2.05) is 4.90 Å². The Hall–Kier alpha value is -3.05. The number of halogens is 5. The predicted octanol–water partition coefficient (Wildman–Crippen LogP) is 3.83. The van der Waals surface area contributed by atoms with Crippen molar-refractivity contribution in [3.8, 4) is 0 Å². The van der Waals surface area contributed by atoms with Crippen molar-refractivity contribution < 1.29 is 22.0 Å². The summed E-state index contributed by atoms with van der Waals surface area (Å²) in [7, 11) is 0. The minimum absolute atomic E-state index is 0.125. The van der Waals surface area contributed by atoms with E-state index in [2.05, 4.69) is 25.4 Å². The van der Waals surface area contributed by atoms with Crippen molar-refractivity contribution in [3.63, 3.8) is 0 Å². The summed E-state index contributed by atoms with van der Waals surface area (Å²) in [5.41, 5.74) is 0.0539. The third-order valence-corrected chi connectivity index (χ3v) is 6.16. The lowest BCUT2D eigenvalue weighted by molar-refractivity contribution is -0.137. The van der Waals surface area contributed by atoms with Crippen LogP contribution in [-0.2, 0) is 12.7 Å². The van der Waals surface area contributed by atoms with Gasteiger partial charge < -0.3 is 10.2 Å². The number of nitrogens with one attached hydrogen (secondary N) is 1. The summed E-state index contributed by atoms with van der Waals surface area (Å²) < 4.78 is 65.6. The van der Waals surface area contributed by atoms with Crippen molar-refractivity contribution in [2.45, 2.75) is 38.0 Å². The Balaban J connectivity index is 1.23. The summed E-state index contributed by atoms with van der Waals surface area (Å²) >= 11 is 0. The molecule has 1 saturated heterocycles. The fourth-order valence-corrected chi connectivity index (χ4v) is 4.76. The zero-order valence-corrected chi connectivity index (χ0v) is 16.8. The first kappa shape index (κ1) is 20.8. The third kappa shape index (κ3) is 4.05. The van der Waals surface area contributed by atoms with Crippen LogP contribution in [0.3, 0.4) is 0 Å². The van der Waals surface area contributed by atoms with Gasteiger partial charge in [0.15, 0.2) is 5.65 Å². The Bertz CT molecular complexity index is 1100. The minimum Gasteiger partial charge on any atom is -0.366 e. The van der Waals surface area contributed by atoms with Gasteiger partial charge in [-0.25, -0.2) is 28.4 Å². The number of anilines is 2. The second-order valence-electron chi connectivity index (χ2n) is 8.32. The van der Waals surface area contributed by atoms with Crippen LogP contribution < -0.4 is 10.2 Å². The lowest BCUT2D eigenvalue weighted by Gasteiger charge is -2.21. The quantitative estimate of drug-likeness (QED) is 0.592. The average Bonchev–Trinajstić information content (AvgIpc) is 3.41. The number of hydrogen-bond donors (Lipinski definition) is 1. The standard InChI is InChI=1S/C20H20F5N7/c21-16(22)10-32-19-15(6-28-32)27-7-17(30-19)29-14-3-11-8-31(9-12(11)4-14)18-5-13(1-2-26-18)20(23,24)25/h1-2,5-7,11-12,14,16H,3-4,8-10H2,(H,29,30)/t11-,12+,14?. The topological polar surface area (TPSA) is 71.8 Å². The van der Waals surface area contributed by atoms with E-state index in [0.717, 1.165) is 29.7 Å². The highest BCUT2D eigenvalue weighted by atomic mass is 19.4.